The van der Waals surface area contributed by atoms with Crippen molar-refractivity contribution in [3.8, 4) is 0 Å². The zero-order chi connectivity index (χ0) is 15.6. The fraction of sp³-hybridized carbons (Fsp3) is 0.533. The summed E-state index contributed by atoms with van der Waals surface area (Å²) < 4.78 is 27.8. The Bertz CT molecular complexity index is 523. The van der Waals surface area contributed by atoms with E-state index >= 15 is 0 Å². The molecule has 21 heavy (non-hydrogen) atoms. The van der Waals surface area contributed by atoms with Crippen molar-refractivity contribution in [2.24, 2.45) is 0 Å². The summed E-state index contributed by atoms with van der Waals surface area (Å²) in [6.07, 6.45) is 1.20. The van der Waals surface area contributed by atoms with E-state index in [1.807, 2.05) is 6.92 Å². The number of nitrogens with zero attached hydrogens (tertiary/aromatic N) is 1. The Kier molecular flexibility index (Phi) is 4.46. The van der Waals surface area contributed by atoms with Crippen LogP contribution in [-0.2, 0) is 0 Å². The molecule has 4 nitrogen and oxygen atoms in total. The van der Waals surface area contributed by atoms with Crippen LogP contribution in [0.15, 0.2) is 12.1 Å². The number of benzene rings is 1. The van der Waals surface area contributed by atoms with Crippen molar-refractivity contribution in [1.82, 2.24) is 4.90 Å². The van der Waals surface area contributed by atoms with E-state index in [4.69, 9.17) is 0 Å². The molecule has 0 spiro atoms. The highest BCUT2D eigenvalue weighted by Crippen LogP contribution is 2.25. The maximum absolute atomic E-state index is 13.9. The number of carbonyl (C=O) groups is 1. The fourth-order valence-corrected chi connectivity index (χ4v) is 2.42. The molecule has 1 aromatic carbocycles. The highest BCUT2D eigenvalue weighted by Gasteiger charge is 2.34. The summed E-state index contributed by atoms with van der Waals surface area (Å²) in [5, 5.41) is 12.5. The van der Waals surface area contributed by atoms with Gasteiger partial charge in [0, 0.05) is 25.2 Å². The van der Waals surface area contributed by atoms with Crippen LogP contribution in [0.5, 0.6) is 0 Å². The first-order valence-electron chi connectivity index (χ1n) is 7.08. The average molecular weight is 298 g/mol. The van der Waals surface area contributed by atoms with Gasteiger partial charge in [-0.05, 0) is 31.9 Å². The standard InChI is InChI=1S/C15H20F2N2O2/c1-3-5-18-13-11(16)7-10(8-12(13)17)14(20)19-6-4-15(2,21)9-19/h7-8,18,21H,3-6,9H2,1-2H3. The number of aliphatic hydroxyl groups is 1. The second kappa shape index (κ2) is 5.97. The molecule has 1 fully saturated rings. The number of hydrogen-bond acceptors (Lipinski definition) is 3. The lowest BCUT2D eigenvalue weighted by atomic mass is 10.1. The molecule has 0 aliphatic carbocycles. The summed E-state index contributed by atoms with van der Waals surface area (Å²) in [6, 6.07) is 2.08. The monoisotopic (exact) mass is 298 g/mol. The molecule has 6 heteroatoms. The van der Waals surface area contributed by atoms with E-state index in [-0.39, 0.29) is 17.8 Å². The molecule has 2 N–H and O–H groups in total. The van der Waals surface area contributed by atoms with Crippen LogP contribution in [-0.4, -0.2) is 41.1 Å². The quantitative estimate of drug-likeness (QED) is 0.897. The molecule has 2 rings (SSSR count). The van der Waals surface area contributed by atoms with Crippen molar-refractivity contribution in [3.63, 3.8) is 0 Å². The van der Waals surface area contributed by atoms with Crippen molar-refractivity contribution >= 4 is 11.6 Å². The van der Waals surface area contributed by atoms with Crippen LogP contribution in [0.4, 0.5) is 14.5 Å². The molecule has 1 heterocycles. The van der Waals surface area contributed by atoms with E-state index < -0.39 is 23.1 Å². The van der Waals surface area contributed by atoms with Crippen molar-refractivity contribution in [2.45, 2.75) is 32.3 Å². The minimum Gasteiger partial charge on any atom is -0.388 e. The summed E-state index contributed by atoms with van der Waals surface area (Å²) in [5.41, 5.74) is -1.18. The molecule has 1 aliphatic rings. The molecule has 1 amide bonds. The Morgan fingerprint density at radius 3 is 2.52 bits per heavy atom. The molecule has 0 saturated carbocycles. The van der Waals surface area contributed by atoms with Crippen molar-refractivity contribution in [1.29, 1.82) is 0 Å². The number of nitrogens with one attached hydrogen (secondary N) is 1. The first kappa shape index (κ1) is 15.7. The van der Waals surface area contributed by atoms with E-state index in [9.17, 15) is 18.7 Å². The zero-order valence-corrected chi connectivity index (χ0v) is 12.2. The van der Waals surface area contributed by atoms with Gasteiger partial charge in [0.25, 0.3) is 5.91 Å². The summed E-state index contributed by atoms with van der Waals surface area (Å²) >= 11 is 0. The highest BCUT2D eigenvalue weighted by atomic mass is 19.1. The summed E-state index contributed by atoms with van der Waals surface area (Å²) in [6.45, 7) is 4.53. The minimum absolute atomic E-state index is 0.0373. The molecule has 0 radical (unpaired) electrons. The van der Waals surface area contributed by atoms with Gasteiger partial charge >= 0.3 is 0 Å². The normalized spacial score (nSPS) is 21.7. The third-order valence-corrected chi connectivity index (χ3v) is 3.58. The second-order valence-corrected chi connectivity index (χ2v) is 5.72. The van der Waals surface area contributed by atoms with Gasteiger partial charge in [-0.1, -0.05) is 6.92 Å². The second-order valence-electron chi connectivity index (χ2n) is 5.72. The Labute approximate surface area is 122 Å². The van der Waals surface area contributed by atoms with Crippen LogP contribution < -0.4 is 5.32 Å². The Balaban J connectivity index is 2.19. The summed E-state index contributed by atoms with van der Waals surface area (Å²) in [5.74, 6) is -2.02. The van der Waals surface area contributed by atoms with E-state index in [0.29, 0.717) is 19.5 Å². The van der Waals surface area contributed by atoms with E-state index in [1.165, 1.54) is 4.90 Å². The predicted molar refractivity (Wildman–Crippen MR) is 76.3 cm³/mol. The molecule has 1 aliphatic heterocycles. The molecule has 1 unspecified atom stereocenters. The highest BCUT2D eigenvalue weighted by molar-refractivity contribution is 5.95. The van der Waals surface area contributed by atoms with Gasteiger partial charge in [-0.2, -0.15) is 0 Å². The van der Waals surface area contributed by atoms with Crippen LogP contribution in [0.1, 0.15) is 37.0 Å². The zero-order valence-electron chi connectivity index (χ0n) is 12.2. The van der Waals surface area contributed by atoms with E-state index in [2.05, 4.69) is 5.32 Å². The number of halogens is 2. The number of rotatable bonds is 4. The van der Waals surface area contributed by atoms with Crippen molar-refractivity contribution < 1.29 is 18.7 Å². The summed E-state index contributed by atoms with van der Waals surface area (Å²) in [4.78, 5) is 13.6. The Morgan fingerprint density at radius 1 is 1.43 bits per heavy atom. The van der Waals surface area contributed by atoms with Gasteiger partial charge in [0.2, 0.25) is 0 Å². The van der Waals surface area contributed by atoms with Gasteiger partial charge in [-0.15, -0.1) is 0 Å². The molecule has 116 valence electrons. The lowest BCUT2D eigenvalue weighted by molar-refractivity contribution is 0.0572. The molecule has 1 aromatic rings. The summed E-state index contributed by atoms with van der Waals surface area (Å²) in [7, 11) is 0. The van der Waals surface area contributed by atoms with Gasteiger partial charge in [-0.3, -0.25) is 4.79 Å². The molecular formula is C15H20F2N2O2. The number of carbonyl (C=O) groups excluding carboxylic acids is 1. The van der Waals surface area contributed by atoms with Gasteiger partial charge < -0.3 is 15.3 Å². The van der Waals surface area contributed by atoms with Crippen molar-refractivity contribution in [2.75, 3.05) is 25.0 Å². The number of amides is 1. The lowest BCUT2D eigenvalue weighted by Gasteiger charge is -2.19. The van der Waals surface area contributed by atoms with Crippen LogP contribution in [0, 0.1) is 11.6 Å². The van der Waals surface area contributed by atoms with Crippen molar-refractivity contribution in [3.05, 3.63) is 29.3 Å². The number of β-amino-alcohol motifs (C(OH)–C–C–N with tert-alkyl or cyclic N) is 1. The maximum Gasteiger partial charge on any atom is 0.254 e. The first-order chi connectivity index (χ1) is 9.84. The van der Waals surface area contributed by atoms with Gasteiger partial charge in [0.05, 0.1) is 5.60 Å². The third kappa shape index (κ3) is 3.50. The molecule has 1 atom stereocenters. The van der Waals surface area contributed by atoms with Crippen LogP contribution in [0.2, 0.25) is 0 Å². The van der Waals surface area contributed by atoms with Gasteiger partial charge in [0.1, 0.15) is 17.3 Å². The average Bonchev–Trinajstić information content (AvgIpc) is 2.77. The van der Waals surface area contributed by atoms with Crippen LogP contribution >= 0.6 is 0 Å². The molecule has 1 saturated heterocycles. The number of likely N-dealkylation sites (tertiary alicyclic amines) is 1. The molecule has 0 bridgehead atoms. The lowest BCUT2D eigenvalue weighted by Crippen LogP contribution is -2.34. The Morgan fingerprint density at radius 2 is 2.05 bits per heavy atom. The molecule has 0 aromatic heterocycles. The van der Waals surface area contributed by atoms with Gasteiger partial charge in [-0.25, -0.2) is 8.78 Å². The minimum atomic E-state index is -0.935. The number of hydrogen-bond donors (Lipinski definition) is 2. The van der Waals surface area contributed by atoms with Crippen LogP contribution in [0.3, 0.4) is 0 Å². The molecular weight excluding hydrogens is 278 g/mol. The van der Waals surface area contributed by atoms with Crippen LogP contribution in [0.25, 0.3) is 0 Å². The van der Waals surface area contributed by atoms with E-state index in [0.717, 1.165) is 18.6 Å². The smallest absolute Gasteiger partial charge is 0.254 e. The topological polar surface area (TPSA) is 52.6 Å². The maximum atomic E-state index is 13.9. The SMILES string of the molecule is CCCNc1c(F)cc(C(=O)N2CCC(C)(O)C2)cc1F. The number of anilines is 1. The Hall–Kier alpha value is -1.69. The fourth-order valence-electron chi connectivity index (χ4n) is 2.42. The first-order valence-corrected chi connectivity index (χ1v) is 7.08. The van der Waals surface area contributed by atoms with Gasteiger partial charge in [0.15, 0.2) is 0 Å². The third-order valence-electron chi connectivity index (χ3n) is 3.58. The predicted octanol–water partition coefficient (Wildman–Crippen LogP) is 2.38. The van der Waals surface area contributed by atoms with E-state index in [1.54, 1.807) is 6.92 Å². The largest absolute Gasteiger partial charge is 0.388 e.